The highest BCUT2D eigenvalue weighted by atomic mass is 28.4. The Balaban J connectivity index is 3.31. The minimum absolute atomic E-state index is 0.688. The molecule has 0 spiro atoms. The van der Waals surface area contributed by atoms with Crippen molar-refractivity contribution in [3.63, 3.8) is 0 Å². The molecule has 0 rings (SSSR count). The van der Waals surface area contributed by atoms with Crippen LogP contribution < -0.4 is 0 Å². The normalized spacial score (nSPS) is 11.3. The first-order chi connectivity index (χ1) is 4.20. The Morgan fingerprint density at radius 3 is 1.67 bits per heavy atom. The van der Waals surface area contributed by atoms with Crippen molar-refractivity contribution >= 4 is 18.1 Å². The van der Waals surface area contributed by atoms with Gasteiger partial charge in [0, 0.05) is 0 Å². The molecule has 0 aliphatic carbocycles. The molecular formula is C6H18OSi2. The third-order valence-electron chi connectivity index (χ3n) is 1.38. The van der Waals surface area contributed by atoms with E-state index in [0.717, 1.165) is 0 Å². The van der Waals surface area contributed by atoms with Gasteiger partial charge in [-0.2, -0.15) is 0 Å². The van der Waals surface area contributed by atoms with Crippen LogP contribution in [0.25, 0.3) is 0 Å². The van der Waals surface area contributed by atoms with Crippen LogP contribution in [-0.2, 0) is 4.12 Å². The van der Waals surface area contributed by atoms with Gasteiger partial charge in [-0.25, -0.2) is 0 Å². The van der Waals surface area contributed by atoms with E-state index in [0.29, 0.717) is 0 Å². The smallest absolute Gasteiger partial charge is 0.162 e. The van der Waals surface area contributed by atoms with Crippen molar-refractivity contribution in [3.05, 3.63) is 0 Å². The Hall–Kier alpha value is 0.394. The SMILES string of the molecule is CC[SiH](CC)O[SiH](C)C. The third kappa shape index (κ3) is 4.87. The van der Waals surface area contributed by atoms with Crippen molar-refractivity contribution in [2.45, 2.75) is 39.0 Å². The van der Waals surface area contributed by atoms with Crippen LogP contribution in [-0.4, -0.2) is 18.1 Å². The van der Waals surface area contributed by atoms with E-state index in [2.05, 4.69) is 26.9 Å². The summed E-state index contributed by atoms with van der Waals surface area (Å²) >= 11 is 0. The molecule has 0 saturated carbocycles. The lowest BCUT2D eigenvalue weighted by Gasteiger charge is -2.14. The van der Waals surface area contributed by atoms with E-state index in [4.69, 9.17) is 4.12 Å². The highest BCUT2D eigenvalue weighted by molar-refractivity contribution is 6.64. The number of rotatable bonds is 4. The summed E-state index contributed by atoms with van der Waals surface area (Å²) in [7, 11) is -1.39. The van der Waals surface area contributed by atoms with Crippen molar-refractivity contribution in [1.29, 1.82) is 0 Å². The maximum Gasteiger partial charge on any atom is 0.162 e. The summed E-state index contributed by atoms with van der Waals surface area (Å²) in [5.41, 5.74) is 0. The van der Waals surface area contributed by atoms with E-state index in [1.54, 1.807) is 0 Å². The molecule has 0 unspecified atom stereocenters. The van der Waals surface area contributed by atoms with Crippen molar-refractivity contribution in [1.82, 2.24) is 0 Å². The summed E-state index contributed by atoms with van der Waals surface area (Å²) in [6, 6.07) is 2.61. The van der Waals surface area contributed by atoms with Crippen LogP contribution in [0.4, 0.5) is 0 Å². The Morgan fingerprint density at radius 2 is 1.56 bits per heavy atom. The molecule has 0 atom stereocenters. The van der Waals surface area contributed by atoms with Gasteiger partial charge in [-0.15, -0.1) is 0 Å². The van der Waals surface area contributed by atoms with Gasteiger partial charge in [0.15, 0.2) is 18.1 Å². The maximum atomic E-state index is 5.83. The highest BCUT2D eigenvalue weighted by Gasteiger charge is 2.07. The quantitative estimate of drug-likeness (QED) is 0.572. The van der Waals surface area contributed by atoms with Gasteiger partial charge in [0.2, 0.25) is 0 Å². The zero-order chi connectivity index (χ0) is 7.28. The van der Waals surface area contributed by atoms with Crippen molar-refractivity contribution in [2.75, 3.05) is 0 Å². The molecule has 0 aromatic heterocycles. The van der Waals surface area contributed by atoms with E-state index in [-0.39, 0.29) is 0 Å². The second kappa shape index (κ2) is 5.20. The minimum atomic E-state index is -0.702. The molecule has 0 saturated heterocycles. The lowest BCUT2D eigenvalue weighted by Crippen LogP contribution is -2.22. The molecule has 0 aliphatic heterocycles. The van der Waals surface area contributed by atoms with Gasteiger partial charge in [0.05, 0.1) is 0 Å². The van der Waals surface area contributed by atoms with Crippen LogP contribution in [0.2, 0.25) is 25.2 Å². The number of hydrogen-bond donors (Lipinski definition) is 0. The van der Waals surface area contributed by atoms with Crippen LogP contribution in [0.15, 0.2) is 0 Å². The molecule has 9 heavy (non-hydrogen) atoms. The standard InChI is InChI=1S/C6H18OSi2/c1-5-9(6-2)7-8(3)4/h8-9H,5-6H2,1-4H3. The van der Waals surface area contributed by atoms with Gasteiger partial charge in [-0.1, -0.05) is 13.8 Å². The minimum Gasteiger partial charge on any atom is -0.460 e. The Morgan fingerprint density at radius 1 is 1.11 bits per heavy atom. The number of hydrogen-bond acceptors (Lipinski definition) is 1. The van der Waals surface area contributed by atoms with Gasteiger partial charge in [0.1, 0.15) is 0 Å². The van der Waals surface area contributed by atoms with Crippen molar-refractivity contribution < 1.29 is 4.12 Å². The Kier molecular flexibility index (Phi) is 5.43. The molecule has 0 aromatic carbocycles. The first-order valence-corrected chi connectivity index (χ1v) is 8.74. The van der Waals surface area contributed by atoms with Crippen LogP contribution in [0.5, 0.6) is 0 Å². The van der Waals surface area contributed by atoms with E-state index in [1.807, 2.05) is 0 Å². The van der Waals surface area contributed by atoms with Crippen LogP contribution in [0.3, 0.4) is 0 Å². The fourth-order valence-electron chi connectivity index (χ4n) is 0.866. The van der Waals surface area contributed by atoms with E-state index in [9.17, 15) is 0 Å². The van der Waals surface area contributed by atoms with E-state index >= 15 is 0 Å². The topological polar surface area (TPSA) is 9.23 Å². The molecule has 56 valence electrons. The zero-order valence-corrected chi connectivity index (χ0v) is 9.29. The predicted molar refractivity (Wildman–Crippen MR) is 48.1 cm³/mol. The monoisotopic (exact) mass is 162 g/mol. The predicted octanol–water partition coefficient (Wildman–Crippen LogP) is 1.75. The lowest BCUT2D eigenvalue weighted by atomic mass is 11.0. The van der Waals surface area contributed by atoms with Crippen LogP contribution >= 0.6 is 0 Å². The molecule has 0 fully saturated rings. The third-order valence-corrected chi connectivity index (χ3v) is 6.91. The first kappa shape index (κ1) is 9.39. The van der Waals surface area contributed by atoms with E-state index in [1.165, 1.54) is 12.1 Å². The Labute approximate surface area is 61.9 Å². The average molecular weight is 162 g/mol. The van der Waals surface area contributed by atoms with E-state index < -0.39 is 18.1 Å². The molecule has 1 nitrogen and oxygen atoms in total. The van der Waals surface area contributed by atoms with Gasteiger partial charge in [0.25, 0.3) is 0 Å². The largest absolute Gasteiger partial charge is 0.460 e. The fraction of sp³-hybridized carbons (Fsp3) is 1.00. The highest BCUT2D eigenvalue weighted by Crippen LogP contribution is 2.01. The molecular weight excluding hydrogens is 144 g/mol. The summed E-state index contributed by atoms with van der Waals surface area (Å²) in [5.74, 6) is 0. The maximum absolute atomic E-state index is 5.83. The molecule has 0 N–H and O–H groups in total. The summed E-state index contributed by atoms with van der Waals surface area (Å²) in [6.07, 6.45) is 0. The average Bonchev–Trinajstić information content (AvgIpc) is 1.82. The van der Waals surface area contributed by atoms with Gasteiger partial charge in [-0.05, 0) is 25.2 Å². The lowest BCUT2D eigenvalue weighted by molar-refractivity contribution is 0.592. The zero-order valence-electron chi connectivity index (χ0n) is 6.98. The van der Waals surface area contributed by atoms with Crippen LogP contribution in [0, 0.1) is 0 Å². The molecule has 0 bridgehead atoms. The fourth-order valence-corrected chi connectivity index (χ4v) is 6.06. The molecule has 0 aliphatic rings. The molecule has 3 heteroatoms. The molecule has 0 heterocycles. The molecule has 0 radical (unpaired) electrons. The Bertz CT molecular complexity index is 62.1. The van der Waals surface area contributed by atoms with Crippen molar-refractivity contribution in [2.24, 2.45) is 0 Å². The second-order valence-electron chi connectivity index (χ2n) is 2.62. The molecule has 0 aromatic rings. The first-order valence-electron chi connectivity index (χ1n) is 3.86. The summed E-state index contributed by atoms with van der Waals surface area (Å²) in [5, 5.41) is 0. The summed E-state index contributed by atoms with van der Waals surface area (Å²) in [4.78, 5) is 0. The summed E-state index contributed by atoms with van der Waals surface area (Å²) in [6.45, 7) is 9.00. The molecule has 0 amide bonds. The van der Waals surface area contributed by atoms with Crippen LogP contribution in [0.1, 0.15) is 13.8 Å². The van der Waals surface area contributed by atoms with Crippen molar-refractivity contribution in [3.8, 4) is 0 Å². The van der Waals surface area contributed by atoms with Gasteiger partial charge < -0.3 is 4.12 Å². The second-order valence-corrected chi connectivity index (χ2v) is 8.69. The summed E-state index contributed by atoms with van der Waals surface area (Å²) < 4.78 is 5.83. The van der Waals surface area contributed by atoms with Gasteiger partial charge in [-0.3, -0.25) is 0 Å². The van der Waals surface area contributed by atoms with Gasteiger partial charge >= 0.3 is 0 Å².